The summed E-state index contributed by atoms with van der Waals surface area (Å²) in [5.41, 5.74) is 0.666. The van der Waals surface area contributed by atoms with Crippen LogP contribution < -0.4 is 4.83 Å². The number of amides is 1. The van der Waals surface area contributed by atoms with Crippen molar-refractivity contribution >= 4 is 26.9 Å². The minimum Gasteiger partial charge on any atom is -0.464 e. The van der Waals surface area contributed by atoms with Gasteiger partial charge in [0.1, 0.15) is 0 Å². The Bertz CT molecular complexity index is 1030. The highest BCUT2D eigenvalue weighted by molar-refractivity contribution is 7.89. The molecule has 0 saturated carbocycles. The third kappa shape index (κ3) is 3.51. The molecular formula is C18H17N3O4S. The summed E-state index contributed by atoms with van der Waals surface area (Å²) < 4.78 is 25.7. The third-order valence-corrected chi connectivity index (χ3v) is 5.40. The molecule has 3 rings (SSSR count). The maximum atomic E-state index is 12.9. The van der Waals surface area contributed by atoms with Crippen LogP contribution in [0.4, 0.5) is 4.79 Å². The van der Waals surface area contributed by atoms with E-state index in [1.165, 1.54) is 12.3 Å². The van der Waals surface area contributed by atoms with Gasteiger partial charge in [0.2, 0.25) is 0 Å². The Kier molecular flexibility index (Phi) is 4.88. The van der Waals surface area contributed by atoms with Gasteiger partial charge in [-0.05, 0) is 24.6 Å². The Hall–Kier alpha value is -2.97. The van der Waals surface area contributed by atoms with Crippen molar-refractivity contribution in [1.82, 2.24) is 14.8 Å². The Morgan fingerprint density at radius 1 is 1.12 bits per heavy atom. The number of carbonyl (C=O) groups is 1. The van der Waals surface area contributed by atoms with E-state index in [0.29, 0.717) is 21.3 Å². The number of fused-ring (bicyclic) bond motifs is 1. The minimum atomic E-state index is -4.12. The highest BCUT2D eigenvalue weighted by Gasteiger charge is 2.28. The minimum absolute atomic E-state index is 0.0103. The van der Waals surface area contributed by atoms with Gasteiger partial charge in [-0.25, -0.2) is 18.2 Å². The second-order valence-corrected chi connectivity index (χ2v) is 7.32. The van der Waals surface area contributed by atoms with Crippen molar-refractivity contribution in [2.45, 2.75) is 17.9 Å². The van der Waals surface area contributed by atoms with Crippen molar-refractivity contribution in [3.8, 4) is 0 Å². The fourth-order valence-electron chi connectivity index (χ4n) is 2.67. The quantitative estimate of drug-likeness (QED) is 0.671. The zero-order valence-electron chi connectivity index (χ0n) is 13.9. The van der Waals surface area contributed by atoms with Gasteiger partial charge in [0, 0.05) is 23.2 Å². The summed E-state index contributed by atoms with van der Waals surface area (Å²) in [6, 6.07) is 14.4. The molecule has 0 bridgehead atoms. The second-order valence-electron chi connectivity index (χ2n) is 5.69. The zero-order chi connectivity index (χ0) is 18.7. The number of hydrogen-bond acceptors (Lipinski definition) is 4. The van der Waals surface area contributed by atoms with E-state index in [2.05, 4.69) is 9.82 Å². The standard InChI is InChI=1S/C18H17N3O4S/c1-13(14-6-3-2-4-7-14)21(18(22)23)20-26(24,25)17-9-5-8-15-12-19-11-10-16(15)17/h2-13,20H,1H3,(H,22,23). The molecule has 0 saturated heterocycles. The number of benzene rings is 2. The Morgan fingerprint density at radius 2 is 1.85 bits per heavy atom. The molecule has 1 amide bonds. The molecule has 0 radical (unpaired) electrons. The molecule has 7 nitrogen and oxygen atoms in total. The molecule has 8 heteroatoms. The first-order valence-corrected chi connectivity index (χ1v) is 9.31. The number of rotatable bonds is 5. The lowest BCUT2D eigenvalue weighted by molar-refractivity contribution is 0.116. The number of pyridine rings is 1. The lowest BCUT2D eigenvalue weighted by Gasteiger charge is -2.27. The average molecular weight is 371 g/mol. The molecule has 2 N–H and O–H groups in total. The third-order valence-electron chi connectivity index (χ3n) is 4.02. The molecule has 0 aliphatic rings. The number of nitrogens with one attached hydrogen (secondary N) is 1. The van der Waals surface area contributed by atoms with Crippen LogP contribution in [-0.2, 0) is 10.0 Å². The van der Waals surface area contributed by atoms with Gasteiger partial charge in [0.25, 0.3) is 10.0 Å². The van der Waals surface area contributed by atoms with Crippen LogP contribution in [-0.4, -0.2) is 29.6 Å². The molecule has 1 atom stereocenters. The monoisotopic (exact) mass is 371 g/mol. The van der Waals surface area contributed by atoms with Crippen molar-refractivity contribution in [2.75, 3.05) is 0 Å². The first-order chi connectivity index (χ1) is 12.4. The molecule has 1 aromatic heterocycles. The van der Waals surface area contributed by atoms with Crippen molar-refractivity contribution in [1.29, 1.82) is 0 Å². The van der Waals surface area contributed by atoms with Crippen molar-refractivity contribution < 1.29 is 18.3 Å². The van der Waals surface area contributed by atoms with E-state index >= 15 is 0 Å². The van der Waals surface area contributed by atoms with E-state index in [-0.39, 0.29) is 4.90 Å². The predicted octanol–water partition coefficient (Wildman–Crippen LogP) is 3.17. The number of carboxylic acid groups (broad SMARTS) is 1. The van der Waals surface area contributed by atoms with Crippen LogP contribution in [0, 0.1) is 0 Å². The summed E-state index contributed by atoms with van der Waals surface area (Å²) in [7, 11) is -4.12. The molecule has 0 aliphatic heterocycles. The van der Waals surface area contributed by atoms with Crippen LogP contribution in [0.25, 0.3) is 10.8 Å². The average Bonchev–Trinajstić information content (AvgIpc) is 2.65. The number of aromatic nitrogens is 1. The summed E-state index contributed by atoms with van der Waals surface area (Å²) in [4.78, 5) is 17.8. The number of hydrazine groups is 1. The van der Waals surface area contributed by atoms with Crippen LogP contribution in [0.5, 0.6) is 0 Å². The molecule has 134 valence electrons. The largest absolute Gasteiger partial charge is 0.464 e. The Labute approximate surface area is 150 Å². The highest BCUT2D eigenvalue weighted by atomic mass is 32.2. The molecule has 0 aliphatic carbocycles. The van der Waals surface area contributed by atoms with E-state index in [4.69, 9.17) is 0 Å². The van der Waals surface area contributed by atoms with Crippen molar-refractivity contribution in [3.63, 3.8) is 0 Å². The normalized spacial score (nSPS) is 12.7. The smallest absolute Gasteiger partial charge is 0.423 e. The summed E-state index contributed by atoms with van der Waals surface area (Å²) in [6.45, 7) is 1.61. The van der Waals surface area contributed by atoms with E-state index in [1.54, 1.807) is 61.7 Å². The van der Waals surface area contributed by atoms with Crippen LogP contribution >= 0.6 is 0 Å². The maximum Gasteiger partial charge on any atom is 0.423 e. The first-order valence-electron chi connectivity index (χ1n) is 7.82. The van der Waals surface area contributed by atoms with Gasteiger partial charge in [-0.3, -0.25) is 4.98 Å². The predicted molar refractivity (Wildman–Crippen MR) is 96.8 cm³/mol. The van der Waals surface area contributed by atoms with Crippen molar-refractivity contribution in [3.05, 3.63) is 72.6 Å². The summed E-state index contributed by atoms with van der Waals surface area (Å²) in [5.74, 6) is 0. The topological polar surface area (TPSA) is 99.6 Å². The molecule has 3 aromatic rings. The number of nitrogens with zero attached hydrogens (tertiary/aromatic N) is 2. The van der Waals surface area contributed by atoms with Gasteiger partial charge in [0.05, 0.1) is 10.9 Å². The lowest BCUT2D eigenvalue weighted by atomic mass is 10.1. The number of hydrogen-bond donors (Lipinski definition) is 2. The van der Waals surface area contributed by atoms with Crippen molar-refractivity contribution in [2.24, 2.45) is 0 Å². The summed E-state index contributed by atoms with van der Waals surface area (Å²) >= 11 is 0. The Balaban J connectivity index is 1.99. The lowest BCUT2D eigenvalue weighted by Crippen LogP contribution is -2.46. The number of sulfonamides is 1. The molecule has 0 spiro atoms. The molecule has 1 unspecified atom stereocenters. The molecular weight excluding hydrogens is 354 g/mol. The fourth-order valence-corrected chi connectivity index (χ4v) is 4.00. The van der Waals surface area contributed by atoms with Gasteiger partial charge >= 0.3 is 6.09 Å². The van der Waals surface area contributed by atoms with Gasteiger partial charge in [0.15, 0.2) is 0 Å². The SMILES string of the molecule is CC(c1ccccc1)N(NS(=O)(=O)c1cccc2cnccc12)C(=O)O. The highest BCUT2D eigenvalue weighted by Crippen LogP contribution is 2.24. The maximum absolute atomic E-state index is 12.9. The summed E-state index contributed by atoms with van der Waals surface area (Å²) in [6.07, 6.45) is 1.64. The zero-order valence-corrected chi connectivity index (χ0v) is 14.7. The molecule has 0 fully saturated rings. The van der Waals surface area contributed by atoms with Gasteiger partial charge in [-0.1, -0.05) is 42.5 Å². The van der Waals surface area contributed by atoms with E-state index in [9.17, 15) is 18.3 Å². The molecule has 2 aromatic carbocycles. The van der Waals surface area contributed by atoms with Crippen LogP contribution in [0.1, 0.15) is 18.5 Å². The fraction of sp³-hybridized carbons (Fsp3) is 0.111. The first kappa shape index (κ1) is 17.8. The van der Waals surface area contributed by atoms with Gasteiger partial charge < -0.3 is 5.11 Å². The summed E-state index contributed by atoms with van der Waals surface area (Å²) in [5, 5.41) is 11.3. The van der Waals surface area contributed by atoms with Crippen LogP contribution in [0.15, 0.2) is 71.9 Å². The van der Waals surface area contributed by atoms with Gasteiger partial charge in [-0.2, -0.15) is 0 Å². The second kappa shape index (κ2) is 7.11. The van der Waals surface area contributed by atoms with E-state index in [0.717, 1.165) is 0 Å². The van der Waals surface area contributed by atoms with Crippen LogP contribution in [0.2, 0.25) is 0 Å². The van der Waals surface area contributed by atoms with Gasteiger partial charge in [-0.15, -0.1) is 4.83 Å². The Morgan fingerprint density at radius 3 is 2.54 bits per heavy atom. The molecule has 1 heterocycles. The molecule has 26 heavy (non-hydrogen) atoms. The van der Waals surface area contributed by atoms with E-state index < -0.39 is 22.2 Å². The van der Waals surface area contributed by atoms with Crippen LogP contribution in [0.3, 0.4) is 0 Å². The van der Waals surface area contributed by atoms with E-state index in [1.807, 2.05) is 0 Å².